The Balaban J connectivity index is 1.17. The average molecular weight is 491 g/mol. The van der Waals surface area contributed by atoms with E-state index in [1.54, 1.807) is 7.11 Å². The van der Waals surface area contributed by atoms with E-state index in [1.807, 2.05) is 6.07 Å². The minimum absolute atomic E-state index is 0.285. The first-order valence-corrected chi connectivity index (χ1v) is 13.1. The van der Waals surface area contributed by atoms with Gasteiger partial charge in [-0.25, -0.2) is 0 Å². The Bertz CT molecular complexity index is 1050. The van der Waals surface area contributed by atoms with Crippen LogP contribution in [0.25, 0.3) is 0 Å². The number of dihydropyridines is 1. The summed E-state index contributed by atoms with van der Waals surface area (Å²) >= 11 is 5.55. The molecule has 5 nitrogen and oxygen atoms in total. The first-order valence-electron chi connectivity index (χ1n) is 12.6. The first-order chi connectivity index (χ1) is 17.0. The Morgan fingerprint density at radius 1 is 1.03 bits per heavy atom. The van der Waals surface area contributed by atoms with E-state index in [0.717, 1.165) is 44.0 Å². The molecular formula is C29H38N4OS. The van der Waals surface area contributed by atoms with Gasteiger partial charge < -0.3 is 25.6 Å². The number of methoxy groups -OCH3 is 1. The van der Waals surface area contributed by atoms with Crippen LogP contribution in [0.15, 0.2) is 72.1 Å². The topological polar surface area (TPSA) is 48.6 Å². The summed E-state index contributed by atoms with van der Waals surface area (Å²) in [5, 5.41) is 10.8. The number of hydrogen-bond donors (Lipinski definition) is 3. The third-order valence-electron chi connectivity index (χ3n) is 6.87. The molecule has 0 atom stereocenters. The second-order valence-electron chi connectivity index (χ2n) is 9.60. The molecule has 35 heavy (non-hydrogen) atoms. The van der Waals surface area contributed by atoms with Crippen LogP contribution in [0.2, 0.25) is 0 Å². The molecule has 2 aliphatic heterocycles. The monoisotopic (exact) mass is 490 g/mol. The van der Waals surface area contributed by atoms with Gasteiger partial charge in [-0.15, -0.1) is 0 Å². The Morgan fingerprint density at radius 3 is 2.49 bits per heavy atom. The van der Waals surface area contributed by atoms with E-state index in [-0.39, 0.29) is 5.92 Å². The van der Waals surface area contributed by atoms with Crippen LogP contribution in [0, 0.1) is 0 Å². The van der Waals surface area contributed by atoms with Crippen molar-refractivity contribution in [1.29, 1.82) is 0 Å². The van der Waals surface area contributed by atoms with E-state index in [0.29, 0.717) is 11.0 Å². The van der Waals surface area contributed by atoms with Crippen LogP contribution in [-0.2, 0) is 0 Å². The van der Waals surface area contributed by atoms with Gasteiger partial charge in [0, 0.05) is 29.5 Å². The predicted octanol–water partition coefficient (Wildman–Crippen LogP) is 5.75. The van der Waals surface area contributed by atoms with E-state index >= 15 is 0 Å². The number of likely N-dealkylation sites (tertiary alicyclic amines) is 1. The molecule has 0 bridgehead atoms. The number of allylic oxidation sites excluding steroid dienone is 4. The van der Waals surface area contributed by atoms with Gasteiger partial charge in [0.05, 0.1) is 7.11 Å². The molecule has 3 N–H and O–H groups in total. The number of anilines is 1. The van der Waals surface area contributed by atoms with Crippen molar-refractivity contribution in [2.24, 2.45) is 0 Å². The van der Waals surface area contributed by atoms with E-state index < -0.39 is 0 Å². The first kappa shape index (κ1) is 25.3. The summed E-state index contributed by atoms with van der Waals surface area (Å²) in [7, 11) is 1.74. The number of nitrogens with zero attached hydrogens (tertiary/aromatic N) is 1. The number of hydrogen-bond acceptors (Lipinski definition) is 4. The summed E-state index contributed by atoms with van der Waals surface area (Å²) in [6, 6.07) is 17.1. The molecule has 1 saturated heterocycles. The lowest BCUT2D eigenvalue weighted by atomic mass is 9.89. The highest BCUT2D eigenvalue weighted by Crippen LogP contribution is 2.30. The molecule has 0 radical (unpaired) electrons. The smallest absolute Gasteiger partial charge is 0.170 e. The highest BCUT2D eigenvalue weighted by molar-refractivity contribution is 7.80. The molecule has 0 saturated carbocycles. The molecule has 2 heterocycles. The molecule has 6 heteroatoms. The molecule has 0 aromatic heterocycles. The van der Waals surface area contributed by atoms with Crippen LogP contribution in [-0.4, -0.2) is 43.3 Å². The van der Waals surface area contributed by atoms with Gasteiger partial charge in [0.15, 0.2) is 5.11 Å². The minimum atomic E-state index is 0.285. The fourth-order valence-electron chi connectivity index (χ4n) is 5.06. The van der Waals surface area contributed by atoms with Crippen LogP contribution in [0.5, 0.6) is 5.75 Å². The molecule has 1 fully saturated rings. The quantitative estimate of drug-likeness (QED) is 0.324. The molecule has 2 aromatic rings. The number of rotatable bonds is 8. The second kappa shape index (κ2) is 12.2. The van der Waals surface area contributed by atoms with Gasteiger partial charge >= 0.3 is 0 Å². The fourth-order valence-corrected chi connectivity index (χ4v) is 5.28. The highest BCUT2D eigenvalue weighted by atomic mass is 32.1. The number of ether oxygens (including phenoxy) is 1. The molecule has 0 spiro atoms. The van der Waals surface area contributed by atoms with Crippen molar-refractivity contribution in [3.05, 3.63) is 83.2 Å². The number of piperidine rings is 1. The Labute approximate surface area is 215 Å². The summed E-state index contributed by atoms with van der Waals surface area (Å²) in [6.07, 6.45) is 7.99. The molecule has 0 unspecified atom stereocenters. The van der Waals surface area contributed by atoms with Crippen molar-refractivity contribution < 1.29 is 4.74 Å². The zero-order valence-electron chi connectivity index (χ0n) is 21.1. The number of thiocarbonyl (C=S) groups is 1. The Kier molecular flexibility index (Phi) is 8.83. The van der Waals surface area contributed by atoms with Crippen LogP contribution in [0.4, 0.5) is 5.69 Å². The van der Waals surface area contributed by atoms with Gasteiger partial charge in [0.25, 0.3) is 0 Å². The number of benzene rings is 2. The summed E-state index contributed by atoms with van der Waals surface area (Å²) in [5.41, 5.74) is 6.07. The molecule has 0 aliphatic carbocycles. The fraction of sp³-hybridized carbons (Fsp3) is 0.414. The van der Waals surface area contributed by atoms with E-state index in [4.69, 9.17) is 17.0 Å². The average Bonchev–Trinajstić information content (AvgIpc) is 2.86. The lowest BCUT2D eigenvalue weighted by molar-refractivity contribution is 0.210. The normalized spacial score (nSPS) is 17.2. The van der Waals surface area contributed by atoms with Crippen LogP contribution >= 0.6 is 12.2 Å². The van der Waals surface area contributed by atoms with Crippen molar-refractivity contribution in [1.82, 2.24) is 15.5 Å². The predicted molar refractivity (Wildman–Crippen MR) is 150 cm³/mol. The van der Waals surface area contributed by atoms with Gasteiger partial charge in [-0.3, -0.25) is 0 Å². The van der Waals surface area contributed by atoms with Crippen LogP contribution < -0.4 is 20.7 Å². The maximum atomic E-state index is 5.55. The Morgan fingerprint density at radius 2 is 1.74 bits per heavy atom. The summed E-state index contributed by atoms with van der Waals surface area (Å²) in [6.45, 7) is 8.48. The molecule has 4 rings (SSSR count). The van der Waals surface area contributed by atoms with E-state index in [2.05, 4.69) is 89.3 Å². The van der Waals surface area contributed by atoms with Gasteiger partial charge in [0.1, 0.15) is 5.75 Å². The maximum absolute atomic E-state index is 5.55. The van der Waals surface area contributed by atoms with Crippen molar-refractivity contribution in [3.8, 4) is 5.75 Å². The molecular weight excluding hydrogens is 452 g/mol. The largest absolute Gasteiger partial charge is 0.497 e. The lowest BCUT2D eigenvalue weighted by Gasteiger charge is -2.32. The SMILES string of the molecule is COc1cccc(C2CCN(CCCNC(=S)Nc3cccc(C4C=C(C)NC(C)=C4)c3)CC2)c1. The molecule has 2 aromatic carbocycles. The third kappa shape index (κ3) is 7.33. The van der Waals surface area contributed by atoms with Crippen molar-refractivity contribution >= 4 is 23.0 Å². The van der Waals surface area contributed by atoms with Crippen molar-refractivity contribution in [3.63, 3.8) is 0 Å². The van der Waals surface area contributed by atoms with Gasteiger partial charge in [-0.05, 0) is 106 Å². The van der Waals surface area contributed by atoms with Gasteiger partial charge in [0.2, 0.25) is 0 Å². The van der Waals surface area contributed by atoms with Gasteiger partial charge in [-0.1, -0.05) is 36.4 Å². The third-order valence-corrected chi connectivity index (χ3v) is 7.12. The summed E-state index contributed by atoms with van der Waals surface area (Å²) in [5.74, 6) is 1.88. The summed E-state index contributed by atoms with van der Waals surface area (Å²) in [4.78, 5) is 2.57. The van der Waals surface area contributed by atoms with E-state index in [9.17, 15) is 0 Å². The van der Waals surface area contributed by atoms with Crippen LogP contribution in [0.3, 0.4) is 0 Å². The molecule has 2 aliphatic rings. The van der Waals surface area contributed by atoms with Crippen molar-refractivity contribution in [2.75, 3.05) is 38.6 Å². The lowest BCUT2D eigenvalue weighted by Crippen LogP contribution is -2.36. The Hall–Kier alpha value is -2.83. The maximum Gasteiger partial charge on any atom is 0.170 e. The zero-order chi connectivity index (χ0) is 24.6. The van der Waals surface area contributed by atoms with Crippen molar-refractivity contribution in [2.45, 2.75) is 44.9 Å². The van der Waals surface area contributed by atoms with Crippen LogP contribution in [0.1, 0.15) is 56.1 Å². The zero-order valence-corrected chi connectivity index (χ0v) is 22.0. The standard InChI is InChI=1S/C29H38N4OS/c1-21-17-26(18-22(2)31-21)24-7-4-9-27(19-24)32-29(35)30-13-6-14-33-15-11-23(12-16-33)25-8-5-10-28(20-25)34-3/h4-5,7-10,17-20,23,26,31H,6,11-16H2,1-3H3,(H2,30,32,35). The highest BCUT2D eigenvalue weighted by Gasteiger charge is 2.20. The molecule has 186 valence electrons. The number of nitrogens with one attached hydrogen (secondary N) is 3. The second-order valence-corrected chi connectivity index (χ2v) is 10.0. The van der Waals surface area contributed by atoms with Gasteiger partial charge in [-0.2, -0.15) is 0 Å². The minimum Gasteiger partial charge on any atom is -0.497 e. The molecule has 0 amide bonds. The summed E-state index contributed by atoms with van der Waals surface area (Å²) < 4.78 is 5.39. The van der Waals surface area contributed by atoms with E-state index in [1.165, 1.54) is 35.4 Å².